The Bertz CT molecular complexity index is 414. The molecule has 0 saturated heterocycles. The Morgan fingerprint density at radius 2 is 1.47 bits per heavy atom. The van der Waals surface area contributed by atoms with Crippen molar-refractivity contribution in [3.05, 3.63) is 34.4 Å². The van der Waals surface area contributed by atoms with Gasteiger partial charge in [0.2, 0.25) is 0 Å². The smallest absolute Gasteiger partial charge is 0.246 e. The third-order valence-corrected chi connectivity index (χ3v) is 2.29. The Kier molecular flexibility index (Phi) is 3.40. The third kappa shape index (κ3) is 2.89. The molecular weight excluding hydrogens is 253 g/mol. The van der Waals surface area contributed by atoms with Crippen molar-refractivity contribution in [2.45, 2.75) is 26.0 Å². The fourth-order valence-corrected chi connectivity index (χ4v) is 1.37. The van der Waals surface area contributed by atoms with E-state index in [4.69, 9.17) is 0 Å². The van der Waals surface area contributed by atoms with E-state index < -0.39 is 41.3 Å². The molecule has 0 heterocycles. The number of halogens is 7. The number of benzene rings is 1. The maximum atomic E-state index is 12.4. The fourth-order valence-electron chi connectivity index (χ4n) is 1.37. The number of rotatable bonds is 1. The van der Waals surface area contributed by atoms with Crippen LogP contribution in [-0.4, -0.2) is 0 Å². The Hall–Kier alpha value is -1.27. The van der Waals surface area contributed by atoms with Gasteiger partial charge in [-0.2, -0.15) is 26.3 Å². The van der Waals surface area contributed by atoms with E-state index in [1.165, 1.54) is 0 Å². The van der Waals surface area contributed by atoms with E-state index in [0.29, 0.717) is 6.07 Å². The Morgan fingerprint density at radius 3 is 1.82 bits per heavy atom. The van der Waals surface area contributed by atoms with Crippen LogP contribution in [0.5, 0.6) is 0 Å². The zero-order chi connectivity index (χ0) is 13.4. The molecule has 17 heavy (non-hydrogen) atoms. The summed E-state index contributed by atoms with van der Waals surface area (Å²) in [5, 5.41) is 0. The van der Waals surface area contributed by atoms with Crippen LogP contribution in [-0.2, 0) is 19.0 Å². The minimum Gasteiger partial charge on any atom is -0.246 e. The first kappa shape index (κ1) is 13.8. The van der Waals surface area contributed by atoms with Gasteiger partial charge in [0, 0.05) is 0 Å². The van der Waals surface area contributed by atoms with Crippen LogP contribution in [0.25, 0.3) is 0 Å². The zero-order valence-electron chi connectivity index (χ0n) is 8.51. The fraction of sp³-hybridized carbons (Fsp3) is 0.400. The first-order chi connectivity index (χ1) is 7.57. The van der Waals surface area contributed by atoms with Crippen LogP contribution in [0.2, 0.25) is 0 Å². The molecule has 0 nitrogen and oxygen atoms in total. The molecule has 0 amide bonds. The van der Waals surface area contributed by atoms with Gasteiger partial charge in [0.15, 0.2) is 0 Å². The Morgan fingerprint density at radius 1 is 0.941 bits per heavy atom. The van der Waals surface area contributed by atoms with Gasteiger partial charge in [-0.3, -0.25) is 0 Å². The average Bonchev–Trinajstić information content (AvgIpc) is 2.14. The van der Waals surface area contributed by atoms with Crippen molar-refractivity contribution in [3.8, 4) is 0 Å². The Labute approximate surface area is 92.0 Å². The lowest BCUT2D eigenvalue weighted by Crippen LogP contribution is -2.14. The second-order valence-corrected chi connectivity index (χ2v) is 3.44. The van der Waals surface area contributed by atoms with Crippen LogP contribution in [0.15, 0.2) is 12.1 Å². The molecule has 0 aliphatic carbocycles. The molecule has 0 aliphatic heterocycles. The van der Waals surface area contributed by atoms with Crippen molar-refractivity contribution in [2.24, 2.45) is 0 Å². The van der Waals surface area contributed by atoms with E-state index in [1.807, 2.05) is 0 Å². The molecule has 0 bridgehead atoms. The number of alkyl halides is 7. The summed E-state index contributed by atoms with van der Waals surface area (Å²) >= 11 is 0. The normalized spacial score (nSPS) is 12.9. The molecule has 7 heteroatoms. The van der Waals surface area contributed by atoms with Crippen molar-refractivity contribution >= 4 is 0 Å². The van der Waals surface area contributed by atoms with Crippen LogP contribution in [0, 0.1) is 6.92 Å². The molecule has 1 aromatic carbocycles. The first-order valence-corrected chi connectivity index (χ1v) is 4.41. The van der Waals surface area contributed by atoms with Crippen molar-refractivity contribution < 1.29 is 30.7 Å². The topological polar surface area (TPSA) is 0 Å². The van der Waals surface area contributed by atoms with Crippen molar-refractivity contribution in [1.82, 2.24) is 0 Å². The summed E-state index contributed by atoms with van der Waals surface area (Å²) in [6.45, 7) is -0.434. The van der Waals surface area contributed by atoms with E-state index in [2.05, 4.69) is 0 Å². The summed E-state index contributed by atoms with van der Waals surface area (Å²) in [6.07, 6.45) is -9.87. The molecule has 0 saturated carbocycles. The van der Waals surface area contributed by atoms with Crippen molar-refractivity contribution in [3.63, 3.8) is 0 Å². The van der Waals surface area contributed by atoms with E-state index in [1.54, 1.807) is 0 Å². The summed E-state index contributed by atoms with van der Waals surface area (Å²) in [5.74, 6) is 0. The maximum absolute atomic E-state index is 12.4. The lowest BCUT2D eigenvalue weighted by atomic mass is 9.98. The second-order valence-electron chi connectivity index (χ2n) is 3.44. The van der Waals surface area contributed by atoms with Crippen molar-refractivity contribution in [1.29, 1.82) is 0 Å². The average molecular weight is 260 g/mol. The molecule has 0 N–H and O–H groups in total. The van der Waals surface area contributed by atoms with E-state index in [-0.39, 0.29) is 6.07 Å². The Balaban J connectivity index is 3.50. The van der Waals surface area contributed by atoms with E-state index >= 15 is 0 Å². The van der Waals surface area contributed by atoms with Gasteiger partial charge in [0.05, 0.1) is 11.1 Å². The number of hydrogen-bond donors (Lipinski definition) is 0. The zero-order valence-corrected chi connectivity index (χ0v) is 8.51. The molecule has 0 aromatic heterocycles. The molecule has 0 spiro atoms. The maximum Gasteiger partial charge on any atom is 0.416 e. The van der Waals surface area contributed by atoms with Gasteiger partial charge in [-0.25, -0.2) is 4.39 Å². The summed E-state index contributed by atoms with van der Waals surface area (Å²) in [5.41, 5.74) is -4.08. The summed E-state index contributed by atoms with van der Waals surface area (Å²) < 4.78 is 86.7. The highest BCUT2D eigenvalue weighted by Crippen LogP contribution is 2.38. The lowest BCUT2D eigenvalue weighted by Gasteiger charge is -2.16. The summed E-state index contributed by atoms with van der Waals surface area (Å²) in [6, 6.07) is 0.388. The minimum atomic E-state index is -4.94. The molecule has 1 rings (SSSR count). The molecule has 0 aliphatic rings. The summed E-state index contributed by atoms with van der Waals surface area (Å²) in [7, 11) is 0. The molecule has 0 unspecified atom stereocenters. The monoisotopic (exact) mass is 260 g/mol. The van der Waals surface area contributed by atoms with E-state index in [0.717, 1.165) is 6.92 Å². The van der Waals surface area contributed by atoms with E-state index in [9.17, 15) is 30.7 Å². The molecule has 1 aromatic rings. The lowest BCUT2D eigenvalue weighted by molar-refractivity contribution is -0.143. The largest absolute Gasteiger partial charge is 0.416 e. The van der Waals surface area contributed by atoms with Crippen LogP contribution in [0.3, 0.4) is 0 Å². The van der Waals surface area contributed by atoms with Gasteiger partial charge in [-0.15, -0.1) is 0 Å². The third-order valence-electron chi connectivity index (χ3n) is 2.29. The van der Waals surface area contributed by atoms with Gasteiger partial charge in [-0.05, 0) is 30.2 Å². The predicted octanol–water partition coefficient (Wildman–Crippen LogP) is 4.50. The molecule has 96 valence electrons. The molecule has 0 fully saturated rings. The highest BCUT2D eigenvalue weighted by molar-refractivity contribution is 5.40. The molecule has 0 atom stereocenters. The molecule has 0 radical (unpaired) electrons. The van der Waals surface area contributed by atoms with Gasteiger partial charge >= 0.3 is 12.4 Å². The van der Waals surface area contributed by atoms with Gasteiger partial charge in [-0.1, -0.05) is 0 Å². The quantitative estimate of drug-likeness (QED) is 0.652. The van der Waals surface area contributed by atoms with Crippen LogP contribution in [0.4, 0.5) is 30.7 Å². The number of hydrogen-bond acceptors (Lipinski definition) is 0. The first-order valence-electron chi connectivity index (χ1n) is 4.41. The molecular formula is C10H7F7. The minimum absolute atomic E-state index is 0.00546. The van der Waals surface area contributed by atoms with Gasteiger partial charge < -0.3 is 0 Å². The standard InChI is InChI=1S/C10H7F7/c1-5-6(4-11)2-7(9(12,13)14)3-8(5)10(15,16)17/h2-3H,4H2,1H3. The van der Waals surface area contributed by atoms with Crippen LogP contribution < -0.4 is 0 Å². The van der Waals surface area contributed by atoms with Crippen molar-refractivity contribution in [2.75, 3.05) is 0 Å². The van der Waals surface area contributed by atoms with Crippen LogP contribution in [0.1, 0.15) is 22.3 Å². The van der Waals surface area contributed by atoms with Gasteiger partial charge in [0.25, 0.3) is 0 Å². The highest BCUT2D eigenvalue weighted by atomic mass is 19.4. The summed E-state index contributed by atoms with van der Waals surface area (Å²) in [4.78, 5) is 0. The van der Waals surface area contributed by atoms with Crippen LogP contribution >= 0.6 is 0 Å². The van der Waals surface area contributed by atoms with Gasteiger partial charge in [0.1, 0.15) is 6.67 Å². The SMILES string of the molecule is Cc1c(CF)cc(C(F)(F)F)cc1C(F)(F)F. The highest BCUT2D eigenvalue weighted by Gasteiger charge is 2.38. The second kappa shape index (κ2) is 4.19. The predicted molar refractivity (Wildman–Crippen MR) is 46.0 cm³/mol.